The summed E-state index contributed by atoms with van der Waals surface area (Å²) in [5, 5.41) is 2.33. The Morgan fingerprint density at radius 1 is 0.783 bits per heavy atom. The van der Waals surface area contributed by atoms with Gasteiger partial charge in [-0.2, -0.15) is 0 Å². The smallest absolute Gasteiger partial charge is 0.319 e. The van der Waals surface area contributed by atoms with E-state index in [1.165, 1.54) is 5.56 Å². The number of hydrogen-bond acceptors (Lipinski definition) is 2. The molecule has 130 valence electrons. The van der Waals surface area contributed by atoms with E-state index in [9.17, 15) is 19.1 Å². The summed E-state index contributed by atoms with van der Waals surface area (Å²) < 4.78 is 11.6. The molecule has 4 nitrogen and oxygen atoms in total. The van der Waals surface area contributed by atoms with Crippen molar-refractivity contribution >= 4 is 39.6 Å². The predicted octanol–water partition coefficient (Wildman–Crippen LogP) is 3.02. The van der Waals surface area contributed by atoms with Gasteiger partial charge in [-0.15, -0.1) is 0 Å². The van der Waals surface area contributed by atoms with Crippen LogP contribution in [0.3, 0.4) is 0 Å². The Kier molecular flexibility index (Phi) is 5.42. The summed E-state index contributed by atoms with van der Waals surface area (Å²) in [7, 11) is -8.35. The van der Waals surface area contributed by atoms with Crippen molar-refractivity contribution in [3.05, 3.63) is 22.3 Å². The first kappa shape index (κ1) is 20.5. The Morgan fingerprint density at radius 2 is 1.09 bits per heavy atom. The Bertz CT molecular complexity index is 665. The van der Waals surface area contributed by atoms with E-state index in [4.69, 9.17) is 0 Å². The number of rotatable bonds is 4. The average Bonchev–Trinajstić information content (AvgIpc) is 2.22. The Hall–Kier alpha value is -0.526. The molecule has 1 aromatic carbocycles. The first-order valence-electron chi connectivity index (χ1n) is 7.76. The molecule has 0 unspecified atom stereocenters. The fraction of sp³-hybridized carbons (Fsp3) is 0.562. The summed E-state index contributed by atoms with van der Waals surface area (Å²) in [5.74, 6) is 0. The molecule has 2 N–H and O–H groups in total. The second-order valence-electron chi connectivity index (χ2n) is 8.35. The molecule has 23 heavy (non-hydrogen) atoms. The zero-order valence-corrected chi connectivity index (χ0v) is 18.6. The van der Waals surface area contributed by atoms with Crippen molar-refractivity contribution in [1.29, 1.82) is 0 Å². The van der Waals surface area contributed by atoms with E-state index in [2.05, 4.69) is 46.2 Å². The van der Waals surface area contributed by atoms with Gasteiger partial charge in [0, 0.05) is 5.56 Å². The van der Waals surface area contributed by atoms with Crippen LogP contribution in [0.25, 0.3) is 0 Å². The number of carbonyl (C=O) groups excluding carboxylic acids is 1. The van der Waals surface area contributed by atoms with Crippen LogP contribution in [0.5, 0.6) is 0 Å². The molecule has 0 amide bonds. The minimum absolute atomic E-state index is 0.249. The van der Waals surface area contributed by atoms with Crippen LogP contribution < -0.4 is 10.4 Å². The van der Waals surface area contributed by atoms with E-state index in [1.54, 1.807) is 0 Å². The highest BCUT2D eigenvalue weighted by Crippen LogP contribution is 2.41. The number of carbonyl (C=O) groups is 1. The van der Waals surface area contributed by atoms with Crippen LogP contribution in [0.4, 0.5) is 0 Å². The van der Waals surface area contributed by atoms with Gasteiger partial charge in [0.1, 0.15) is 0 Å². The zero-order valence-electron chi connectivity index (χ0n) is 15.7. The van der Waals surface area contributed by atoms with E-state index in [1.807, 2.05) is 13.8 Å². The number of benzene rings is 1. The minimum Gasteiger partial charge on any atom is -0.319 e. The lowest BCUT2D eigenvalue weighted by Gasteiger charge is -2.32. The van der Waals surface area contributed by atoms with Crippen molar-refractivity contribution < 1.29 is 19.1 Å². The van der Waals surface area contributed by atoms with Crippen LogP contribution in [0.1, 0.15) is 27.0 Å². The van der Waals surface area contributed by atoms with Gasteiger partial charge < -0.3 is 9.79 Å². The van der Waals surface area contributed by atoms with Gasteiger partial charge in [0.05, 0.1) is 16.1 Å². The first-order valence-corrected chi connectivity index (χ1v) is 16.4. The molecular formula is C16H29O4PSi2. The lowest BCUT2D eigenvalue weighted by atomic mass is 10.00. The molecule has 0 saturated heterocycles. The lowest BCUT2D eigenvalue weighted by molar-refractivity contribution is 0.104. The highest BCUT2D eigenvalue weighted by Gasteiger charge is 2.37. The zero-order chi connectivity index (χ0) is 18.5. The van der Waals surface area contributed by atoms with Crippen LogP contribution in [-0.4, -0.2) is 31.5 Å². The fourth-order valence-electron chi connectivity index (χ4n) is 3.94. The molecule has 1 aromatic rings. The van der Waals surface area contributed by atoms with Crippen molar-refractivity contribution in [1.82, 2.24) is 0 Å². The molecule has 0 aliphatic carbocycles. The normalized spacial score (nSPS) is 13.3. The maximum absolute atomic E-state index is 12.4. The summed E-state index contributed by atoms with van der Waals surface area (Å²) in [4.78, 5) is 31.3. The van der Waals surface area contributed by atoms with E-state index >= 15 is 0 Å². The van der Waals surface area contributed by atoms with Gasteiger partial charge in [-0.05, 0) is 31.9 Å². The summed E-state index contributed by atoms with van der Waals surface area (Å²) in [5.41, 5.74) is 1.95. The second-order valence-corrected chi connectivity index (χ2v) is 19.8. The van der Waals surface area contributed by atoms with Gasteiger partial charge in [-0.25, -0.2) is 0 Å². The van der Waals surface area contributed by atoms with E-state index in [0.717, 1.165) is 21.5 Å². The fourth-order valence-corrected chi connectivity index (χ4v) is 9.69. The molecule has 0 bridgehead atoms. The molecular weight excluding hydrogens is 343 g/mol. The molecule has 0 aromatic heterocycles. The largest absolute Gasteiger partial charge is 0.396 e. The molecule has 0 heterocycles. The topological polar surface area (TPSA) is 74.6 Å². The molecule has 7 heteroatoms. The van der Waals surface area contributed by atoms with Crippen LogP contribution in [0, 0.1) is 20.8 Å². The second kappa shape index (κ2) is 6.08. The van der Waals surface area contributed by atoms with Crippen molar-refractivity contribution in [3.63, 3.8) is 0 Å². The van der Waals surface area contributed by atoms with Gasteiger partial charge in [-0.1, -0.05) is 55.2 Å². The third-order valence-electron chi connectivity index (χ3n) is 4.23. The van der Waals surface area contributed by atoms with Gasteiger partial charge in [0.15, 0.2) is 0 Å². The van der Waals surface area contributed by atoms with Crippen LogP contribution in [0.15, 0.2) is 0 Å². The Balaban J connectivity index is 4.08. The molecule has 0 aliphatic rings. The van der Waals surface area contributed by atoms with Crippen molar-refractivity contribution in [3.8, 4) is 0 Å². The molecule has 1 rings (SSSR count). The van der Waals surface area contributed by atoms with Gasteiger partial charge in [0.2, 0.25) is 0 Å². The summed E-state index contributed by atoms with van der Waals surface area (Å²) >= 11 is 0. The highest BCUT2D eigenvalue weighted by atomic mass is 31.2. The van der Waals surface area contributed by atoms with Gasteiger partial charge in [-0.3, -0.25) is 9.36 Å². The standard InChI is InChI=1S/C16H29O4PSi2/c1-10-13(16(17)21(18,19)20)11(2)15(23(7,8)9)12(3)14(10)22(4,5)6/h1-9H3,(H2,18,19,20). The van der Waals surface area contributed by atoms with Gasteiger partial charge >= 0.3 is 7.60 Å². The molecule has 0 aliphatic heterocycles. The third kappa shape index (κ3) is 3.94. The Labute approximate surface area is 141 Å². The maximum Gasteiger partial charge on any atom is 0.396 e. The first-order chi connectivity index (χ1) is 10.0. The van der Waals surface area contributed by atoms with Crippen molar-refractivity contribution in [2.24, 2.45) is 0 Å². The minimum atomic E-state index is -4.80. The predicted molar refractivity (Wildman–Crippen MR) is 103 cm³/mol. The summed E-state index contributed by atoms with van der Waals surface area (Å²) in [6, 6.07) is 0. The lowest BCUT2D eigenvalue weighted by Crippen LogP contribution is -2.51. The monoisotopic (exact) mass is 372 g/mol. The quantitative estimate of drug-likeness (QED) is 0.629. The summed E-state index contributed by atoms with van der Waals surface area (Å²) in [6.45, 7) is 19.0. The molecule has 0 saturated carbocycles. The molecule has 0 atom stereocenters. The average molecular weight is 373 g/mol. The third-order valence-corrected chi connectivity index (χ3v) is 9.48. The van der Waals surface area contributed by atoms with E-state index < -0.39 is 29.3 Å². The molecule has 0 radical (unpaired) electrons. The van der Waals surface area contributed by atoms with Crippen LogP contribution in [0.2, 0.25) is 39.3 Å². The molecule has 0 fully saturated rings. The van der Waals surface area contributed by atoms with E-state index in [-0.39, 0.29) is 5.56 Å². The van der Waals surface area contributed by atoms with E-state index in [0.29, 0.717) is 0 Å². The Morgan fingerprint density at radius 3 is 1.30 bits per heavy atom. The SMILES string of the molecule is Cc1c(C(=O)P(=O)(O)O)c(C)c([Si](C)(C)C)c(C)c1[Si](C)(C)C. The highest BCUT2D eigenvalue weighted by molar-refractivity contribution is 7.70. The molecule has 0 spiro atoms. The van der Waals surface area contributed by atoms with Crippen molar-refractivity contribution in [2.45, 2.75) is 60.1 Å². The van der Waals surface area contributed by atoms with Crippen LogP contribution in [-0.2, 0) is 4.57 Å². The van der Waals surface area contributed by atoms with Gasteiger partial charge in [0.25, 0.3) is 5.52 Å². The maximum atomic E-state index is 12.4. The van der Waals surface area contributed by atoms with Crippen LogP contribution >= 0.6 is 7.60 Å². The number of hydrogen-bond donors (Lipinski definition) is 2. The summed E-state index contributed by atoms with van der Waals surface area (Å²) in [6.07, 6.45) is 0. The van der Waals surface area contributed by atoms with Crippen molar-refractivity contribution in [2.75, 3.05) is 0 Å².